The minimum absolute atomic E-state index is 0.154. The van der Waals surface area contributed by atoms with E-state index in [9.17, 15) is 4.39 Å². The van der Waals surface area contributed by atoms with E-state index in [-0.39, 0.29) is 5.82 Å². The van der Waals surface area contributed by atoms with E-state index in [1.807, 2.05) is 16.8 Å². The third kappa shape index (κ3) is 3.84. The molecule has 0 spiro atoms. The van der Waals surface area contributed by atoms with E-state index in [1.54, 1.807) is 12.1 Å². The van der Waals surface area contributed by atoms with Gasteiger partial charge in [-0.3, -0.25) is 14.5 Å². The van der Waals surface area contributed by atoms with Crippen molar-refractivity contribution in [1.29, 1.82) is 0 Å². The number of piperidine rings is 1. The van der Waals surface area contributed by atoms with Gasteiger partial charge < -0.3 is 0 Å². The maximum Gasteiger partial charge on any atom is 0.123 e. The van der Waals surface area contributed by atoms with E-state index in [0.717, 1.165) is 44.3 Å². The lowest BCUT2D eigenvalue weighted by Gasteiger charge is -2.36. The third-order valence-corrected chi connectivity index (χ3v) is 5.97. The van der Waals surface area contributed by atoms with Gasteiger partial charge in [0.15, 0.2) is 0 Å². The van der Waals surface area contributed by atoms with E-state index < -0.39 is 0 Å². The average Bonchev–Trinajstić information content (AvgIpc) is 2.79. The fourth-order valence-corrected chi connectivity index (χ4v) is 4.54. The predicted molar refractivity (Wildman–Crippen MR) is 101 cm³/mol. The lowest BCUT2D eigenvalue weighted by Crippen LogP contribution is -2.43. The molecule has 4 heterocycles. The highest BCUT2D eigenvalue weighted by Gasteiger charge is 2.34. The molecular formula is C21H29FN4. The Bertz CT molecular complexity index is 739. The van der Waals surface area contributed by atoms with Crippen LogP contribution < -0.4 is 0 Å². The van der Waals surface area contributed by atoms with Crippen molar-refractivity contribution < 1.29 is 4.39 Å². The molecule has 3 aliphatic rings. The van der Waals surface area contributed by atoms with Crippen molar-refractivity contribution >= 4 is 0 Å². The Hall–Kier alpha value is -1.72. The summed E-state index contributed by atoms with van der Waals surface area (Å²) < 4.78 is 15.2. The van der Waals surface area contributed by atoms with Gasteiger partial charge in [0, 0.05) is 57.1 Å². The Labute approximate surface area is 155 Å². The molecule has 4 nitrogen and oxygen atoms in total. The van der Waals surface area contributed by atoms with Crippen LogP contribution in [0, 0.1) is 18.7 Å². The average molecular weight is 356 g/mol. The summed E-state index contributed by atoms with van der Waals surface area (Å²) in [6.07, 6.45) is 4.82. The Kier molecular flexibility index (Phi) is 5.09. The zero-order valence-electron chi connectivity index (χ0n) is 15.9. The van der Waals surface area contributed by atoms with Crippen LogP contribution in [0.4, 0.5) is 4.39 Å². The van der Waals surface area contributed by atoms with Crippen molar-refractivity contribution in [3.05, 3.63) is 53.1 Å². The van der Waals surface area contributed by atoms with Crippen LogP contribution in [0.3, 0.4) is 0 Å². The summed E-state index contributed by atoms with van der Waals surface area (Å²) in [6.45, 7) is 10.6. The van der Waals surface area contributed by atoms with Gasteiger partial charge in [-0.05, 0) is 50.3 Å². The molecule has 0 unspecified atom stereocenters. The molecule has 0 aliphatic carbocycles. The molecule has 0 amide bonds. The molecule has 0 radical (unpaired) electrons. The molecule has 5 rings (SSSR count). The quantitative estimate of drug-likeness (QED) is 0.820. The number of hydrogen-bond donors (Lipinski definition) is 0. The van der Waals surface area contributed by atoms with Crippen LogP contribution in [-0.4, -0.2) is 45.3 Å². The van der Waals surface area contributed by atoms with Crippen LogP contribution in [0.2, 0.25) is 0 Å². The van der Waals surface area contributed by atoms with Crippen molar-refractivity contribution in [2.75, 3.05) is 19.6 Å². The van der Waals surface area contributed by atoms with Gasteiger partial charge in [-0.2, -0.15) is 5.10 Å². The second-order valence-electron chi connectivity index (χ2n) is 7.94. The first-order valence-corrected chi connectivity index (χ1v) is 9.84. The Morgan fingerprint density at radius 3 is 2.62 bits per heavy atom. The van der Waals surface area contributed by atoms with Gasteiger partial charge in [-0.15, -0.1) is 0 Å². The summed E-state index contributed by atoms with van der Waals surface area (Å²) in [5.74, 6) is 0.578. The Balaban J connectivity index is 1.44. The molecule has 3 fully saturated rings. The third-order valence-electron chi connectivity index (χ3n) is 5.97. The first-order chi connectivity index (χ1) is 12.6. The van der Waals surface area contributed by atoms with Crippen LogP contribution in [0.5, 0.6) is 0 Å². The predicted octanol–water partition coefficient (Wildman–Crippen LogP) is 3.45. The first kappa shape index (κ1) is 17.7. The van der Waals surface area contributed by atoms with Gasteiger partial charge in [0.25, 0.3) is 0 Å². The summed E-state index contributed by atoms with van der Waals surface area (Å²) in [5, 5.41) is 4.61. The van der Waals surface area contributed by atoms with Gasteiger partial charge in [0.1, 0.15) is 5.82 Å². The van der Waals surface area contributed by atoms with Gasteiger partial charge in [-0.25, -0.2) is 4.39 Å². The summed E-state index contributed by atoms with van der Waals surface area (Å²) >= 11 is 0. The molecule has 1 aromatic carbocycles. The van der Waals surface area contributed by atoms with E-state index in [0.29, 0.717) is 6.04 Å². The highest BCUT2D eigenvalue weighted by molar-refractivity contribution is 5.17. The number of hydrogen-bond acceptors (Lipinski definition) is 3. The number of halogens is 1. The molecule has 2 aromatic rings. The number of benzene rings is 1. The lowest BCUT2D eigenvalue weighted by molar-refractivity contribution is 0.123. The Morgan fingerprint density at radius 1 is 1.08 bits per heavy atom. The summed E-state index contributed by atoms with van der Waals surface area (Å²) in [6, 6.07) is 7.59. The molecule has 2 atom stereocenters. The number of nitrogens with zero attached hydrogens (tertiary/aromatic N) is 4. The maximum atomic E-state index is 13.2. The zero-order chi connectivity index (χ0) is 18.1. The van der Waals surface area contributed by atoms with Gasteiger partial charge >= 0.3 is 0 Å². The minimum Gasteiger partial charge on any atom is -0.297 e. The largest absolute Gasteiger partial charge is 0.297 e. The van der Waals surface area contributed by atoms with Crippen LogP contribution in [-0.2, 0) is 19.6 Å². The number of aromatic nitrogens is 2. The van der Waals surface area contributed by atoms with Crippen LogP contribution in [0.1, 0.15) is 36.6 Å². The highest BCUT2D eigenvalue weighted by Crippen LogP contribution is 2.30. The fourth-order valence-electron chi connectivity index (χ4n) is 4.54. The zero-order valence-corrected chi connectivity index (χ0v) is 15.9. The fraction of sp³-hybridized carbons (Fsp3) is 0.571. The molecular weight excluding hydrogens is 327 g/mol. The van der Waals surface area contributed by atoms with E-state index in [2.05, 4.69) is 34.9 Å². The second-order valence-corrected chi connectivity index (χ2v) is 7.94. The normalized spacial score (nSPS) is 24.1. The van der Waals surface area contributed by atoms with E-state index >= 15 is 0 Å². The number of aryl methyl sites for hydroxylation is 2. The molecule has 0 saturated carbocycles. The molecule has 1 aromatic heterocycles. The molecule has 3 saturated heterocycles. The highest BCUT2D eigenvalue weighted by atomic mass is 19.1. The van der Waals surface area contributed by atoms with Crippen molar-refractivity contribution in [2.24, 2.45) is 5.92 Å². The van der Waals surface area contributed by atoms with Gasteiger partial charge in [0.2, 0.25) is 0 Å². The van der Waals surface area contributed by atoms with Gasteiger partial charge in [0.05, 0.1) is 5.69 Å². The van der Waals surface area contributed by atoms with Gasteiger partial charge in [-0.1, -0.05) is 12.1 Å². The van der Waals surface area contributed by atoms with Crippen molar-refractivity contribution in [3.8, 4) is 0 Å². The summed E-state index contributed by atoms with van der Waals surface area (Å²) in [4.78, 5) is 5.24. The van der Waals surface area contributed by atoms with Crippen molar-refractivity contribution in [1.82, 2.24) is 19.6 Å². The van der Waals surface area contributed by atoms with Crippen LogP contribution in [0.25, 0.3) is 0 Å². The molecule has 140 valence electrons. The standard InChI is InChI=1S/C21H29FN4/c1-3-26-14-19(16(2)23-26)13-25-12-18-6-9-21(25)15-24(11-18)10-17-4-7-20(22)8-5-17/h4-5,7-8,14,18,21H,3,6,9-13,15H2,1-2H3/t18-,21+/m0/s1. The summed E-state index contributed by atoms with van der Waals surface area (Å²) in [7, 11) is 0. The molecule has 2 bridgehead atoms. The second kappa shape index (κ2) is 7.49. The molecule has 0 N–H and O–H groups in total. The van der Waals surface area contributed by atoms with Crippen LogP contribution in [0.15, 0.2) is 30.5 Å². The number of fused-ring (bicyclic) bond motifs is 4. The Morgan fingerprint density at radius 2 is 1.88 bits per heavy atom. The molecule has 3 aliphatic heterocycles. The monoisotopic (exact) mass is 356 g/mol. The maximum absolute atomic E-state index is 13.2. The molecule has 5 heteroatoms. The first-order valence-electron chi connectivity index (χ1n) is 9.84. The molecule has 26 heavy (non-hydrogen) atoms. The van der Waals surface area contributed by atoms with Crippen molar-refractivity contribution in [2.45, 2.75) is 52.4 Å². The smallest absolute Gasteiger partial charge is 0.123 e. The SMILES string of the molecule is CCn1cc(CN2C[C@H]3CC[C@@H]2CN(Cc2ccc(F)cc2)C3)c(C)n1. The van der Waals surface area contributed by atoms with Crippen LogP contribution >= 0.6 is 0 Å². The van der Waals surface area contributed by atoms with E-state index in [4.69, 9.17) is 0 Å². The lowest BCUT2D eigenvalue weighted by atomic mass is 9.94. The van der Waals surface area contributed by atoms with Crippen molar-refractivity contribution in [3.63, 3.8) is 0 Å². The summed E-state index contributed by atoms with van der Waals surface area (Å²) in [5.41, 5.74) is 3.74. The topological polar surface area (TPSA) is 24.3 Å². The van der Waals surface area contributed by atoms with E-state index in [1.165, 1.54) is 30.5 Å². The minimum atomic E-state index is -0.154. The number of rotatable bonds is 5.